The van der Waals surface area contributed by atoms with Gasteiger partial charge in [-0.05, 0) is 18.8 Å². The van der Waals surface area contributed by atoms with Crippen molar-refractivity contribution in [3.63, 3.8) is 0 Å². The molecule has 2 unspecified atom stereocenters. The molecule has 2 atom stereocenters. The standard InChI is InChI=1S/C14H24N2O3/c1-11-4-3-5-16(9-11)14(18)12-8-13(17)15(10-12)6-7-19-2/h11-12H,3-10H2,1-2H3. The predicted octanol–water partition coefficient (Wildman–Crippen LogP) is 0.740. The zero-order valence-electron chi connectivity index (χ0n) is 11.9. The molecular weight excluding hydrogens is 244 g/mol. The fourth-order valence-electron chi connectivity index (χ4n) is 3.00. The number of hydrogen-bond acceptors (Lipinski definition) is 3. The van der Waals surface area contributed by atoms with Crippen molar-refractivity contribution in [2.24, 2.45) is 11.8 Å². The van der Waals surface area contributed by atoms with Crippen LogP contribution in [0.1, 0.15) is 26.2 Å². The Hall–Kier alpha value is -1.10. The topological polar surface area (TPSA) is 49.9 Å². The number of methoxy groups -OCH3 is 1. The van der Waals surface area contributed by atoms with Gasteiger partial charge in [0.05, 0.1) is 12.5 Å². The Kier molecular flexibility index (Phi) is 4.80. The average Bonchev–Trinajstić information content (AvgIpc) is 2.77. The molecule has 0 aromatic rings. The largest absolute Gasteiger partial charge is 0.383 e. The molecule has 2 aliphatic heterocycles. The highest BCUT2D eigenvalue weighted by Crippen LogP contribution is 2.23. The van der Waals surface area contributed by atoms with E-state index in [1.54, 1.807) is 12.0 Å². The van der Waals surface area contributed by atoms with E-state index in [4.69, 9.17) is 4.74 Å². The molecule has 108 valence electrons. The summed E-state index contributed by atoms with van der Waals surface area (Å²) in [6.45, 7) is 5.58. The number of rotatable bonds is 4. The monoisotopic (exact) mass is 268 g/mol. The van der Waals surface area contributed by atoms with Gasteiger partial charge in [0, 0.05) is 39.7 Å². The fourth-order valence-corrected chi connectivity index (χ4v) is 3.00. The fraction of sp³-hybridized carbons (Fsp3) is 0.857. The van der Waals surface area contributed by atoms with Gasteiger partial charge in [0.15, 0.2) is 0 Å². The third kappa shape index (κ3) is 3.47. The van der Waals surface area contributed by atoms with Gasteiger partial charge in [-0.2, -0.15) is 0 Å². The smallest absolute Gasteiger partial charge is 0.228 e. The minimum absolute atomic E-state index is 0.0838. The van der Waals surface area contributed by atoms with Crippen LogP contribution in [0.2, 0.25) is 0 Å². The Morgan fingerprint density at radius 2 is 2.21 bits per heavy atom. The molecule has 2 aliphatic rings. The zero-order valence-corrected chi connectivity index (χ0v) is 11.9. The van der Waals surface area contributed by atoms with Crippen LogP contribution in [0.25, 0.3) is 0 Å². The highest BCUT2D eigenvalue weighted by atomic mass is 16.5. The second-order valence-corrected chi connectivity index (χ2v) is 5.77. The summed E-state index contributed by atoms with van der Waals surface area (Å²) in [5.74, 6) is 0.689. The van der Waals surface area contributed by atoms with Gasteiger partial charge in [-0.3, -0.25) is 9.59 Å². The SMILES string of the molecule is COCCN1CC(C(=O)N2CCCC(C)C2)CC1=O. The van der Waals surface area contributed by atoms with E-state index in [1.807, 2.05) is 4.90 Å². The van der Waals surface area contributed by atoms with Crippen molar-refractivity contribution in [2.75, 3.05) is 39.9 Å². The highest BCUT2D eigenvalue weighted by molar-refractivity contribution is 5.89. The maximum atomic E-state index is 12.4. The Labute approximate surface area is 114 Å². The van der Waals surface area contributed by atoms with Crippen LogP contribution in [0.5, 0.6) is 0 Å². The van der Waals surface area contributed by atoms with Crippen LogP contribution in [-0.4, -0.2) is 61.5 Å². The summed E-state index contributed by atoms with van der Waals surface area (Å²) in [6.07, 6.45) is 2.65. The Balaban J connectivity index is 1.88. The van der Waals surface area contributed by atoms with E-state index in [2.05, 4.69) is 6.92 Å². The van der Waals surface area contributed by atoms with Gasteiger partial charge < -0.3 is 14.5 Å². The first-order valence-electron chi connectivity index (χ1n) is 7.17. The molecule has 2 amide bonds. The van der Waals surface area contributed by atoms with Gasteiger partial charge in [-0.1, -0.05) is 6.92 Å². The van der Waals surface area contributed by atoms with Crippen LogP contribution in [0.4, 0.5) is 0 Å². The van der Waals surface area contributed by atoms with Crippen LogP contribution in [0.3, 0.4) is 0 Å². The van der Waals surface area contributed by atoms with Gasteiger partial charge in [0.25, 0.3) is 0 Å². The van der Waals surface area contributed by atoms with Crippen LogP contribution in [-0.2, 0) is 14.3 Å². The van der Waals surface area contributed by atoms with Crippen molar-refractivity contribution in [1.82, 2.24) is 9.80 Å². The summed E-state index contributed by atoms with van der Waals surface area (Å²) in [6, 6.07) is 0. The molecule has 0 aromatic carbocycles. The number of carbonyl (C=O) groups is 2. The molecule has 0 aliphatic carbocycles. The van der Waals surface area contributed by atoms with Crippen molar-refractivity contribution in [3.8, 4) is 0 Å². The van der Waals surface area contributed by atoms with Crippen molar-refractivity contribution >= 4 is 11.8 Å². The quantitative estimate of drug-likeness (QED) is 0.755. The summed E-state index contributed by atoms with van der Waals surface area (Å²) >= 11 is 0. The lowest BCUT2D eigenvalue weighted by atomic mass is 9.98. The molecule has 0 N–H and O–H groups in total. The maximum Gasteiger partial charge on any atom is 0.228 e. The normalized spacial score (nSPS) is 28.0. The Morgan fingerprint density at radius 1 is 1.42 bits per heavy atom. The van der Waals surface area contributed by atoms with Gasteiger partial charge in [-0.25, -0.2) is 0 Å². The first-order chi connectivity index (χ1) is 9.11. The number of ether oxygens (including phenoxy) is 1. The average molecular weight is 268 g/mol. The summed E-state index contributed by atoms with van der Waals surface area (Å²) in [5, 5.41) is 0. The van der Waals surface area contributed by atoms with E-state index in [1.165, 1.54) is 6.42 Å². The summed E-state index contributed by atoms with van der Waals surface area (Å²) in [7, 11) is 1.62. The van der Waals surface area contributed by atoms with Crippen molar-refractivity contribution < 1.29 is 14.3 Å². The minimum atomic E-state index is -0.144. The molecule has 2 saturated heterocycles. The lowest BCUT2D eigenvalue weighted by Crippen LogP contribution is -2.43. The number of carbonyl (C=O) groups excluding carboxylic acids is 2. The molecule has 5 nitrogen and oxygen atoms in total. The second kappa shape index (κ2) is 6.37. The molecule has 19 heavy (non-hydrogen) atoms. The highest BCUT2D eigenvalue weighted by Gasteiger charge is 2.36. The number of amides is 2. The van der Waals surface area contributed by atoms with Crippen molar-refractivity contribution in [1.29, 1.82) is 0 Å². The minimum Gasteiger partial charge on any atom is -0.383 e. The van der Waals surface area contributed by atoms with E-state index >= 15 is 0 Å². The van der Waals surface area contributed by atoms with Crippen LogP contribution >= 0.6 is 0 Å². The van der Waals surface area contributed by atoms with E-state index in [0.717, 1.165) is 19.5 Å². The first-order valence-corrected chi connectivity index (χ1v) is 7.17. The number of hydrogen-bond donors (Lipinski definition) is 0. The Bertz CT molecular complexity index is 346. The van der Waals surface area contributed by atoms with E-state index in [0.29, 0.717) is 32.0 Å². The third-order valence-corrected chi connectivity index (χ3v) is 4.10. The molecule has 0 bridgehead atoms. The van der Waals surface area contributed by atoms with E-state index in [9.17, 15) is 9.59 Å². The van der Waals surface area contributed by atoms with Crippen LogP contribution < -0.4 is 0 Å². The van der Waals surface area contributed by atoms with Gasteiger partial charge >= 0.3 is 0 Å². The first kappa shape index (κ1) is 14.3. The molecule has 0 saturated carbocycles. The van der Waals surface area contributed by atoms with E-state index in [-0.39, 0.29) is 17.7 Å². The second-order valence-electron chi connectivity index (χ2n) is 5.77. The maximum absolute atomic E-state index is 12.4. The summed E-state index contributed by atoms with van der Waals surface area (Å²) < 4.78 is 4.99. The number of likely N-dealkylation sites (tertiary alicyclic amines) is 2. The van der Waals surface area contributed by atoms with Crippen LogP contribution in [0.15, 0.2) is 0 Å². The zero-order chi connectivity index (χ0) is 13.8. The predicted molar refractivity (Wildman–Crippen MR) is 71.5 cm³/mol. The molecular formula is C14H24N2O3. The molecule has 2 fully saturated rings. The van der Waals surface area contributed by atoms with Gasteiger partial charge in [0.1, 0.15) is 0 Å². The molecule has 2 heterocycles. The van der Waals surface area contributed by atoms with E-state index < -0.39 is 0 Å². The summed E-state index contributed by atoms with van der Waals surface area (Å²) in [4.78, 5) is 28.0. The Morgan fingerprint density at radius 3 is 2.89 bits per heavy atom. The third-order valence-electron chi connectivity index (χ3n) is 4.10. The molecule has 0 radical (unpaired) electrons. The van der Waals surface area contributed by atoms with Gasteiger partial charge in [0.2, 0.25) is 11.8 Å². The summed E-state index contributed by atoms with van der Waals surface area (Å²) in [5.41, 5.74) is 0. The van der Waals surface area contributed by atoms with Gasteiger partial charge in [-0.15, -0.1) is 0 Å². The molecule has 5 heteroatoms. The molecule has 0 aromatic heterocycles. The molecule has 2 rings (SSSR count). The lowest BCUT2D eigenvalue weighted by molar-refractivity contribution is -0.137. The lowest BCUT2D eigenvalue weighted by Gasteiger charge is -2.32. The van der Waals surface area contributed by atoms with Crippen molar-refractivity contribution in [2.45, 2.75) is 26.2 Å². The van der Waals surface area contributed by atoms with Crippen molar-refractivity contribution in [3.05, 3.63) is 0 Å². The number of piperidine rings is 1. The number of nitrogens with zero attached hydrogens (tertiary/aromatic N) is 2. The van der Waals surface area contributed by atoms with Crippen LogP contribution in [0, 0.1) is 11.8 Å². The molecule has 0 spiro atoms.